The van der Waals surface area contributed by atoms with Crippen LogP contribution in [0.1, 0.15) is 32.3 Å². The normalized spacial score (nSPS) is 11.5. The highest BCUT2D eigenvalue weighted by Crippen LogP contribution is 2.28. The van der Waals surface area contributed by atoms with Crippen LogP contribution in [-0.4, -0.2) is 9.78 Å². The molecule has 0 amide bonds. The molecule has 0 saturated carbocycles. The van der Waals surface area contributed by atoms with Crippen LogP contribution < -0.4 is 0 Å². The number of nitrogens with zero attached hydrogens (tertiary/aromatic N) is 2. The third-order valence-electron chi connectivity index (χ3n) is 2.62. The van der Waals surface area contributed by atoms with Crippen LogP contribution >= 0.6 is 11.6 Å². The lowest BCUT2D eigenvalue weighted by atomic mass is 10.0. The summed E-state index contributed by atoms with van der Waals surface area (Å²) in [7, 11) is 0. The summed E-state index contributed by atoms with van der Waals surface area (Å²) in [4.78, 5) is 0. The number of hydrogen-bond acceptors (Lipinski definition) is 1. The Kier molecular flexibility index (Phi) is 2.70. The van der Waals surface area contributed by atoms with Crippen LogP contribution in [0.3, 0.4) is 0 Å². The van der Waals surface area contributed by atoms with E-state index >= 15 is 0 Å². The van der Waals surface area contributed by atoms with Gasteiger partial charge in [-0.2, -0.15) is 5.10 Å². The van der Waals surface area contributed by atoms with Gasteiger partial charge >= 0.3 is 0 Å². The van der Waals surface area contributed by atoms with E-state index in [0.29, 0.717) is 5.92 Å². The molecule has 15 heavy (non-hydrogen) atoms. The Morgan fingerprint density at radius 3 is 2.73 bits per heavy atom. The van der Waals surface area contributed by atoms with E-state index in [4.69, 9.17) is 11.6 Å². The molecule has 0 bridgehead atoms. The summed E-state index contributed by atoms with van der Waals surface area (Å²) >= 11 is 6.20. The molecule has 0 unspecified atom stereocenters. The predicted octanol–water partition coefficient (Wildman–Crippen LogP) is 3.83. The SMILES string of the molecule is CCn1cc2cc(C(C)C)c(Cl)cc2n1. The highest BCUT2D eigenvalue weighted by Gasteiger charge is 2.08. The predicted molar refractivity (Wildman–Crippen MR) is 64.5 cm³/mol. The molecule has 2 aromatic rings. The van der Waals surface area contributed by atoms with E-state index in [1.807, 2.05) is 10.7 Å². The lowest BCUT2D eigenvalue weighted by Gasteiger charge is -2.07. The molecule has 0 aliphatic heterocycles. The zero-order chi connectivity index (χ0) is 11.0. The van der Waals surface area contributed by atoms with E-state index in [1.54, 1.807) is 0 Å². The van der Waals surface area contributed by atoms with E-state index in [0.717, 1.165) is 17.1 Å². The second kappa shape index (κ2) is 3.86. The molecule has 2 rings (SSSR count). The minimum Gasteiger partial charge on any atom is -0.272 e. The summed E-state index contributed by atoms with van der Waals surface area (Å²) in [5.74, 6) is 0.451. The van der Waals surface area contributed by atoms with E-state index in [2.05, 4.69) is 38.1 Å². The van der Waals surface area contributed by atoms with Crippen molar-refractivity contribution in [3.05, 3.63) is 28.9 Å². The Balaban J connectivity index is 2.63. The van der Waals surface area contributed by atoms with Crippen molar-refractivity contribution in [2.75, 3.05) is 0 Å². The maximum absolute atomic E-state index is 6.20. The average Bonchev–Trinajstić information content (AvgIpc) is 2.58. The molecule has 0 radical (unpaired) electrons. The molecule has 0 aliphatic carbocycles. The van der Waals surface area contributed by atoms with Crippen LogP contribution in [0, 0.1) is 0 Å². The number of aryl methyl sites for hydroxylation is 1. The molecule has 0 saturated heterocycles. The summed E-state index contributed by atoms with van der Waals surface area (Å²) in [6, 6.07) is 4.10. The quantitative estimate of drug-likeness (QED) is 0.755. The lowest BCUT2D eigenvalue weighted by Crippen LogP contribution is -1.92. The molecule has 0 N–H and O–H groups in total. The first-order chi connectivity index (χ1) is 7.11. The van der Waals surface area contributed by atoms with Crippen molar-refractivity contribution in [1.29, 1.82) is 0 Å². The van der Waals surface area contributed by atoms with Crippen LogP contribution in [0.5, 0.6) is 0 Å². The molecule has 0 aliphatic rings. The van der Waals surface area contributed by atoms with Crippen LogP contribution in [0.2, 0.25) is 5.02 Å². The molecule has 1 aromatic heterocycles. The monoisotopic (exact) mass is 222 g/mol. The lowest BCUT2D eigenvalue weighted by molar-refractivity contribution is 0.668. The fraction of sp³-hybridized carbons (Fsp3) is 0.417. The first-order valence-corrected chi connectivity index (χ1v) is 5.66. The van der Waals surface area contributed by atoms with Crippen molar-refractivity contribution >= 4 is 22.5 Å². The molecular weight excluding hydrogens is 208 g/mol. The molecule has 1 aromatic carbocycles. The fourth-order valence-electron chi connectivity index (χ4n) is 1.72. The summed E-state index contributed by atoms with van der Waals surface area (Å²) in [6.45, 7) is 7.27. The standard InChI is InChI=1S/C12H15ClN2/c1-4-15-7-9-5-10(8(2)3)11(13)6-12(9)14-15/h5-8H,4H2,1-3H3. The van der Waals surface area contributed by atoms with Gasteiger partial charge in [0.2, 0.25) is 0 Å². The van der Waals surface area contributed by atoms with Gasteiger partial charge in [0.05, 0.1) is 5.52 Å². The van der Waals surface area contributed by atoms with Crippen molar-refractivity contribution < 1.29 is 0 Å². The van der Waals surface area contributed by atoms with E-state index < -0.39 is 0 Å². The first-order valence-electron chi connectivity index (χ1n) is 5.28. The van der Waals surface area contributed by atoms with E-state index in [-0.39, 0.29) is 0 Å². The smallest absolute Gasteiger partial charge is 0.0938 e. The number of halogens is 1. The Morgan fingerprint density at radius 1 is 1.40 bits per heavy atom. The molecular formula is C12H15ClN2. The topological polar surface area (TPSA) is 17.8 Å². The summed E-state index contributed by atoms with van der Waals surface area (Å²) in [5.41, 5.74) is 2.17. The van der Waals surface area contributed by atoms with Gasteiger partial charge in [0, 0.05) is 23.2 Å². The third kappa shape index (κ3) is 1.86. The minimum absolute atomic E-state index is 0.451. The highest BCUT2D eigenvalue weighted by molar-refractivity contribution is 6.32. The molecule has 0 fully saturated rings. The van der Waals surface area contributed by atoms with Gasteiger partial charge in [-0.25, -0.2) is 0 Å². The van der Waals surface area contributed by atoms with Gasteiger partial charge in [-0.1, -0.05) is 25.4 Å². The fourth-order valence-corrected chi connectivity index (χ4v) is 2.10. The zero-order valence-electron chi connectivity index (χ0n) is 9.29. The Hall–Kier alpha value is -1.02. The Morgan fingerprint density at radius 2 is 2.13 bits per heavy atom. The average molecular weight is 223 g/mol. The van der Waals surface area contributed by atoms with Crippen molar-refractivity contribution in [2.45, 2.75) is 33.2 Å². The van der Waals surface area contributed by atoms with Crippen LogP contribution in [0.4, 0.5) is 0 Å². The summed E-state index contributed by atoms with van der Waals surface area (Å²) in [6.07, 6.45) is 2.07. The van der Waals surface area contributed by atoms with Crippen LogP contribution in [0.25, 0.3) is 10.9 Å². The molecule has 2 nitrogen and oxygen atoms in total. The van der Waals surface area contributed by atoms with E-state index in [9.17, 15) is 0 Å². The second-order valence-corrected chi connectivity index (χ2v) is 4.48. The second-order valence-electron chi connectivity index (χ2n) is 4.07. The Labute approximate surface area is 94.8 Å². The molecule has 3 heteroatoms. The third-order valence-corrected chi connectivity index (χ3v) is 2.94. The molecule has 1 heterocycles. The van der Waals surface area contributed by atoms with Crippen molar-refractivity contribution in [1.82, 2.24) is 9.78 Å². The van der Waals surface area contributed by atoms with Crippen LogP contribution in [-0.2, 0) is 6.54 Å². The molecule has 0 atom stereocenters. The van der Waals surface area contributed by atoms with Crippen LogP contribution in [0.15, 0.2) is 18.3 Å². The molecule has 0 spiro atoms. The van der Waals surface area contributed by atoms with E-state index in [1.165, 1.54) is 10.9 Å². The minimum atomic E-state index is 0.451. The largest absolute Gasteiger partial charge is 0.272 e. The van der Waals surface area contributed by atoms with Gasteiger partial charge in [0.25, 0.3) is 0 Å². The maximum atomic E-state index is 6.20. The summed E-state index contributed by atoms with van der Waals surface area (Å²) in [5, 5.41) is 6.41. The van der Waals surface area contributed by atoms with Gasteiger partial charge in [0.1, 0.15) is 0 Å². The van der Waals surface area contributed by atoms with Crippen molar-refractivity contribution in [3.8, 4) is 0 Å². The maximum Gasteiger partial charge on any atom is 0.0938 e. The number of fused-ring (bicyclic) bond motifs is 1. The van der Waals surface area contributed by atoms with Gasteiger partial charge < -0.3 is 0 Å². The van der Waals surface area contributed by atoms with Gasteiger partial charge in [-0.3, -0.25) is 4.68 Å². The number of aromatic nitrogens is 2. The van der Waals surface area contributed by atoms with Gasteiger partial charge in [0.15, 0.2) is 0 Å². The summed E-state index contributed by atoms with van der Waals surface area (Å²) < 4.78 is 1.94. The van der Waals surface area contributed by atoms with Gasteiger partial charge in [-0.05, 0) is 30.5 Å². The number of rotatable bonds is 2. The molecule has 80 valence electrons. The first kappa shape index (κ1) is 10.5. The van der Waals surface area contributed by atoms with Gasteiger partial charge in [-0.15, -0.1) is 0 Å². The number of hydrogen-bond donors (Lipinski definition) is 0. The Bertz CT molecular complexity index is 486. The van der Waals surface area contributed by atoms with Crippen molar-refractivity contribution in [3.63, 3.8) is 0 Å². The van der Waals surface area contributed by atoms with Crippen molar-refractivity contribution in [2.24, 2.45) is 0 Å². The highest BCUT2D eigenvalue weighted by atomic mass is 35.5. The zero-order valence-corrected chi connectivity index (χ0v) is 10.0. The number of benzene rings is 1.